The van der Waals surface area contributed by atoms with E-state index in [0.29, 0.717) is 5.75 Å². The normalized spacial score (nSPS) is 10.2. The van der Waals surface area contributed by atoms with Gasteiger partial charge in [-0.2, -0.15) is 0 Å². The second-order valence-corrected chi connectivity index (χ2v) is 4.65. The molecule has 0 fully saturated rings. The molecule has 0 amide bonds. The van der Waals surface area contributed by atoms with Gasteiger partial charge in [0.1, 0.15) is 11.3 Å². The molecule has 22 heavy (non-hydrogen) atoms. The van der Waals surface area contributed by atoms with Crippen molar-refractivity contribution in [3.63, 3.8) is 0 Å². The van der Waals surface area contributed by atoms with Gasteiger partial charge in [-0.15, -0.1) is 0 Å². The van der Waals surface area contributed by atoms with Gasteiger partial charge >= 0.3 is 5.97 Å². The molecule has 1 heterocycles. The third-order valence-electron chi connectivity index (χ3n) is 3.18. The molecule has 2 aromatic carbocycles. The summed E-state index contributed by atoms with van der Waals surface area (Å²) in [5.74, 6) is -0.438. The summed E-state index contributed by atoms with van der Waals surface area (Å²) in [5.41, 5.74) is 2.21. The fourth-order valence-electron chi connectivity index (χ4n) is 2.09. The molecule has 0 aliphatic carbocycles. The summed E-state index contributed by atoms with van der Waals surface area (Å²) in [6.45, 7) is 0. The third kappa shape index (κ3) is 2.96. The number of rotatable bonds is 4. The smallest absolute Gasteiger partial charge is 0.341 e. The maximum atomic E-state index is 11.1. The number of carbonyl (C=O) groups is 1. The predicted octanol–water partition coefficient (Wildman–Crippen LogP) is 4.24. The highest BCUT2D eigenvalue weighted by Crippen LogP contribution is 2.26. The summed E-state index contributed by atoms with van der Waals surface area (Å²) in [5, 5.41) is 9.12. The lowest BCUT2D eigenvalue weighted by atomic mass is 10.1. The van der Waals surface area contributed by atoms with Crippen LogP contribution in [0.5, 0.6) is 11.6 Å². The van der Waals surface area contributed by atoms with Crippen LogP contribution in [-0.4, -0.2) is 16.1 Å². The highest BCUT2D eigenvalue weighted by molar-refractivity contribution is 5.90. The van der Waals surface area contributed by atoms with Crippen molar-refractivity contribution in [2.24, 2.45) is 0 Å². The molecule has 0 aliphatic rings. The second kappa shape index (κ2) is 6.10. The molecule has 0 radical (unpaired) electrons. The molecule has 0 saturated carbocycles. The van der Waals surface area contributed by atoms with Gasteiger partial charge in [-0.05, 0) is 35.4 Å². The minimum atomic E-state index is -1.07. The van der Waals surface area contributed by atoms with Crippen LogP contribution in [0.1, 0.15) is 10.4 Å². The lowest BCUT2D eigenvalue weighted by Gasteiger charge is -2.08. The Balaban J connectivity index is 1.84. The van der Waals surface area contributed by atoms with Crippen LogP contribution in [0, 0.1) is 0 Å². The van der Waals surface area contributed by atoms with Crippen LogP contribution in [0.15, 0.2) is 72.9 Å². The van der Waals surface area contributed by atoms with Crippen LogP contribution < -0.4 is 4.74 Å². The van der Waals surface area contributed by atoms with Gasteiger partial charge in [0, 0.05) is 6.20 Å². The van der Waals surface area contributed by atoms with E-state index in [9.17, 15) is 4.79 Å². The Morgan fingerprint density at radius 3 is 2.23 bits per heavy atom. The first-order valence-electron chi connectivity index (χ1n) is 6.76. The van der Waals surface area contributed by atoms with Crippen molar-refractivity contribution >= 4 is 5.97 Å². The minimum absolute atomic E-state index is 0.0367. The van der Waals surface area contributed by atoms with E-state index in [1.807, 2.05) is 42.5 Å². The molecular weight excluding hydrogens is 278 g/mol. The highest BCUT2D eigenvalue weighted by atomic mass is 16.5. The standard InChI is InChI=1S/C18H13NO3/c20-18(21)16-7-4-12-19-17(16)22-15-10-8-14(9-11-15)13-5-2-1-3-6-13/h1-12H,(H,20,21). The van der Waals surface area contributed by atoms with Crippen LogP contribution in [0.3, 0.4) is 0 Å². The van der Waals surface area contributed by atoms with Crippen LogP contribution in [-0.2, 0) is 0 Å². The van der Waals surface area contributed by atoms with Crippen molar-refractivity contribution in [1.29, 1.82) is 0 Å². The molecule has 0 unspecified atom stereocenters. The van der Waals surface area contributed by atoms with E-state index in [0.717, 1.165) is 11.1 Å². The molecule has 0 atom stereocenters. The van der Waals surface area contributed by atoms with Crippen molar-refractivity contribution in [2.45, 2.75) is 0 Å². The molecule has 4 heteroatoms. The first-order chi connectivity index (χ1) is 10.7. The summed E-state index contributed by atoms with van der Waals surface area (Å²) in [6.07, 6.45) is 1.50. The number of carboxylic acids is 1. The van der Waals surface area contributed by atoms with Crippen LogP contribution in [0.4, 0.5) is 0 Å². The van der Waals surface area contributed by atoms with Gasteiger partial charge in [-0.25, -0.2) is 9.78 Å². The zero-order chi connectivity index (χ0) is 15.4. The molecule has 0 bridgehead atoms. The zero-order valence-corrected chi connectivity index (χ0v) is 11.6. The summed E-state index contributed by atoms with van der Waals surface area (Å²) in [6, 6.07) is 20.4. The van der Waals surface area contributed by atoms with Crippen molar-refractivity contribution in [3.05, 3.63) is 78.5 Å². The Bertz CT molecular complexity index is 783. The van der Waals surface area contributed by atoms with Crippen molar-refractivity contribution < 1.29 is 14.6 Å². The van der Waals surface area contributed by atoms with Crippen LogP contribution >= 0.6 is 0 Å². The van der Waals surface area contributed by atoms with Crippen molar-refractivity contribution in [3.8, 4) is 22.8 Å². The largest absolute Gasteiger partial charge is 0.477 e. The Kier molecular flexibility index (Phi) is 3.83. The third-order valence-corrected chi connectivity index (χ3v) is 3.18. The molecule has 0 spiro atoms. The van der Waals surface area contributed by atoms with Crippen molar-refractivity contribution in [2.75, 3.05) is 0 Å². The van der Waals surface area contributed by atoms with Gasteiger partial charge in [0.25, 0.3) is 0 Å². The number of hydrogen-bond donors (Lipinski definition) is 1. The topological polar surface area (TPSA) is 59.4 Å². The maximum absolute atomic E-state index is 11.1. The number of pyridine rings is 1. The van der Waals surface area contributed by atoms with E-state index in [1.54, 1.807) is 18.2 Å². The Morgan fingerprint density at radius 1 is 0.864 bits per heavy atom. The maximum Gasteiger partial charge on any atom is 0.341 e. The summed E-state index contributed by atoms with van der Waals surface area (Å²) >= 11 is 0. The lowest BCUT2D eigenvalue weighted by Crippen LogP contribution is -2.01. The van der Waals surface area contributed by atoms with E-state index < -0.39 is 5.97 Å². The predicted molar refractivity (Wildman–Crippen MR) is 83.1 cm³/mol. The monoisotopic (exact) mass is 291 g/mol. The quantitative estimate of drug-likeness (QED) is 0.781. The molecular formula is C18H13NO3. The summed E-state index contributed by atoms with van der Waals surface area (Å²) in [4.78, 5) is 15.1. The number of carboxylic acid groups (broad SMARTS) is 1. The first kappa shape index (κ1) is 13.8. The highest BCUT2D eigenvalue weighted by Gasteiger charge is 2.12. The van der Waals surface area contributed by atoms with Gasteiger partial charge in [0.05, 0.1) is 0 Å². The minimum Gasteiger partial charge on any atom is -0.477 e. The van der Waals surface area contributed by atoms with Gasteiger partial charge in [-0.1, -0.05) is 42.5 Å². The van der Waals surface area contributed by atoms with Crippen LogP contribution in [0.25, 0.3) is 11.1 Å². The number of aromatic nitrogens is 1. The molecule has 1 aromatic heterocycles. The lowest BCUT2D eigenvalue weighted by molar-refractivity contribution is 0.0693. The summed E-state index contributed by atoms with van der Waals surface area (Å²) in [7, 11) is 0. The number of nitrogens with zero attached hydrogens (tertiary/aromatic N) is 1. The fraction of sp³-hybridized carbons (Fsp3) is 0. The number of hydrogen-bond acceptors (Lipinski definition) is 3. The second-order valence-electron chi connectivity index (χ2n) is 4.65. The molecule has 1 N–H and O–H groups in total. The molecule has 108 valence electrons. The van der Waals surface area contributed by atoms with E-state index in [1.165, 1.54) is 12.3 Å². The molecule has 0 saturated heterocycles. The SMILES string of the molecule is O=C(O)c1cccnc1Oc1ccc(-c2ccccc2)cc1. The average Bonchev–Trinajstić information content (AvgIpc) is 2.57. The Labute approximate surface area is 127 Å². The first-order valence-corrected chi connectivity index (χ1v) is 6.76. The van der Waals surface area contributed by atoms with E-state index in [4.69, 9.17) is 9.84 Å². The molecule has 3 aromatic rings. The van der Waals surface area contributed by atoms with E-state index in [2.05, 4.69) is 4.98 Å². The molecule has 0 aliphatic heterocycles. The fourth-order valence-corrected chi connectivity index (χ4v) is 2.09. The number of aromatic carboxylic acids is 1. The molecule has 3 rings (SSSR count). The number of ether oxygens (including phenoxy) is 1. The van der Waals surface area contributed by atoms with E-state index >= 15 is 0 Å². The Morgan fingerprint density at radius 2 is 1.55 bits per heavy atom. The Hall–Kier alpha value is -3.14. The van der Waals surface area contributed by atoms with Gasteiger partial charge in [0.2, 0.25) is 5.88 Å². The summed E-state index contributed by atoms with van der Waals surface area (Å²) < 4.78 is 5.57. The van der Waals surface area contributed by atoms with Crippen LogP contribution in [0.2, 0.25) is 0 Å². The van der Waals surface area contributed by atoms with Gasteiger partial charge in [-0.3, -0.25) is 0 Å². The molecule has 4 nitrogen and oxygen atoms in total. The number of benzene rings is 2. The van der Waals surface area contributed by atoms with Crippen molar-refractivity contribution in [1.82, 2.24) is 4.98 Å². The zero-order valence-electron chi connectivity index (χ0n) is 11.6. The van der Waals surface area contributed by atoms with E-state index in [-0.39, 0.29) is 11.4 Å². The average molecular weight is 291 g/mol. The van der Waals surface area contributed by atoms with Gasteiger partial charge < -0.3 is 9.84 Å². The van der Waals surface area contributed by atoms with Gasteiger partial charge in [0.15, 0.2) is 0 Å².